The number of carbonyl (C=O) groups is 3. The van der Waals surface area contributed by atoms with E-state index in [-0.39, 0.29) is 12.1 Å². The Labute approximate surface area is 221 Å². The monoisotopic (exact) mass is 569 g/mol. The summed E-state index contributed by atoms with van der Waals surface area (Å²) < 4.78 is 21.8. The maximum absolute atomic E-state index is 12.5. The number of hydrogen-bond donors (Lipinski definition) is 2. The first-order valence-corrected chi connectivity index (χ1v) is 11.6. The van der Waals surface area contributed by atoms with E-state index in [1.54, 1.807) is 42.5 Å². The van der Waals surface area contributed by atoms with E-state index in [9.17, 15) is 14.4 Å². The van der Waals surface area contributed by atoms with E-state index in [0.717, 1.165) is 4.47 Å². The maximum Gasteiger partial charge on any atom is 0.343 e. The van der Waals surface area contributed by atoms with Gasteiger partial charge in [-0.3, -0.25) is 9.59 Å². The minimum Gasteiger partial charge on any atom is -0.493 e. The van der Waals surface area contributed by atoms with Crippen LogP contribution in [0.1, 0.15) is 26.3 Å². The zero-order chi connectivity index (χ0) is 26.8. The van der Waals surface area contributed by atoms with Crippen molar-refractivity contribution in [1.29, 1.82) is 0 Å². The summed E-state index contributed by atoms with van der Waals surface area (Å²) in [6.45, 7) is -0.308. The molecule has 3 rings (SSSR count). The lowest BCUT2D eigenvalue weighted by atomic mass is 10.1. The Hall–Kier alpha value is -4.38. The minimum atomic E-state index is -0.531. The van der Waals surface area contributed by atoms with E-state index < -0.39 is 17.8 Å². The number of nitrogens with zero attached hydrogens (tertiary/aromatic N) is 1. The summed E-state index contributed by atoms with van der Waals surface area (Å²) in [5, 5.41) is 6.37. The molecule has 0 fully saturated rings. The molecule has 10 nitrogen and oxygen atoms in total. The summed E-state index contributed by atoms with van der Waals surface area (Å²) in [5.41, 5.74) is 3.63. The Balaban J connectivity index is 1.50. The van der Waals surface area contributed by atoms with Crippen molar-refractivity contribution in [3.05, 3.63) is 81.8 Å². The average molecular weight is 570 g/mol. The standard InChI is InChI=1S/C26H24BrN3O7/c1-34-21-12-18(13-22(35-2)24(21)36-3)25(32)28-15-23(31)30-29-14-16-7-9-20(10-8-16)37-26(33)17-5-4-6-19(27)11-17/h4-14H,15H2,1-3H3,(H,28,32)(H,30,31)/b29-14-. The predicted molar refractivity (Wildman–Crippen MR) is 140 cm³/mol. The first kappa shape index (κ1) is 27.2. The van der Waals surface area contributed by atoms with Crippen LogP contribution in [0.15, 0.2) is 70.2 Å². The normalized spacial score (nSPS) is 10.5. The fourth-order valence-electron chi connectivity index (χ4n) is 3.10. The van der Waals surface area contributed by atoms with Crippen LogP contribution in [0.5, 0.6) is 23.0 Å². The van der Waals surface area contributed by atoms with Gasteiger partial charge < -0.3 is 24.3 Å². The molecule has 0 aromatic heterocycles. The van der Waals surface area contributed by atoms with Crippen LogP contribution in [-0.4, -0.2) is 51.9 Å². The van der Waals surface area contributed by atoms with Gasteiger partial charge in [0.05, 0.1) is 39.7 Å². The molecule has 0 saturated carbocycles. The number of esters is 1. The highest BCUT2D eigenvalue weighted by molar-refractivity contribution is 9.10. The Morgan fingerprint density at radius 3 is 2.16 bits per heavy atom. The molecule has 3 aromatic carbocycles. The molecule has 0 aliphatic heterocycles. The van der Waals surface area contributed by atoms with Gasteiger partial charge in [0.1, 0.15) is 5.75 Å². The molecule has 0 aliphatic rings. The second-order valence-corrected chi connectivity index (χ2v) is 8.27. The summed E-state index contributed by atoms with van der Waals surface area (Å²) in [6.07, 6.45) is 1.42. The lowest BCUT2D eigenvalue weighted by Crippen LogP contribution is -2.34. The third-order valence-corrected chi connectivity index (χ3v) is 5.38. The molecule has 0 aliphatic carbocycles. The van der Waals surface area contributed by atoms with E-state index in [2.05, 4.69) is 31.8 Å². The number of amides is 2. The van der Waals surface area contributed by atoms with Gasteiger partial charge in [0.25, 0.3) is 11.8 Å². The molecule has 0 spiro atoms. The summed E-state index contributed by atoms with van der Waals surface area (Å²) in [5.74, 6) is -0.179. The van der Waals surface area contributed by atoms with Crippen molar-refractivity contribution in [1.82, 2.24) is 10.7 Å². The molecule has 2 N–H and O–H groups in total. The number of rotatable bonds is 10. The molecular formula is C26H24BrN3O7. The van der Waals surface area contributed by atoms with Gasteiger partial charge in [-0.15, -0.1) is 0 Å². The highest BCUT2D eigenvalue weighted by atomic mass is 79.9. The minimum absolute atomic E-state index is 0.228. The highest BCUT2D eigenvalue weighted by Crippen LogP contribution is 2.38. The van der Waals surface area contributed by atoms with Crippen LogP contribution in [0.2, 0.25) is 0 Å². The third-order valence-electron chi connectivity index (χ3n) is 4.89. The SMILES string of the molecule is COc1cc(C(=O)NCC(=O)N/N=C\c2ccc(OC(=O)c3cccc(Br)c3)cc2)cc(OC)c1OC. The highest BCUT2D eigenvalue weighted by Gasteiger charge is 2.17. The van der Waals surface area contributed by atoms with Crippen molar-refractivity contribution in [3.8, 4) is 23.0 Å². The second-order valence-electron chi connectivity index (χ2n) is 7.36. The lowest BCUT2D eigenvalue weighted by Gasteiger charge is -2.14. The fourth-order valence-corrected chi connectivity index (χ4v) is 3.50. The lowest BCUT2D eigenvalue weighted by molar-refractivity contribution is -0.120. The molecule has 0 unspecified atom stereocenters. The Kier molecular flexibility index (Phi) is 9.61. The summed E-state index contributed by atoms with van der Waals surface area (Å²) in [7, 11) is 4.34. The van der Waals surface area contributed by atoms with Crippen LogP contribution >= 0.6 is 15.9 Å². The molecule has 2 amide bonds. The smallest absolute Gasteiger partial charge is 0.343 e. The van der Waals surface area contributed by atoms with Crippen LogP contribution in [-0.2, 0) is 4.79 Å². The summed E-state index contributed by atoms with van der Waals surface area (Å²) >= 11 is 3.32. The van der Waals surface area contributed by atoms with E-state index in [1.165, 1.54) is 39.7 Å². The number of benzene rings is 3. The number of ether oxygens (including phenoxy) is 4. The van der Waals surface area contributed by atoms with Gasteiger partial charge in [-0.05, 0) is 60.2 Å². The van der Waals surface area contributed by atoms with Crippen molar-refractivity contribution in [2.45, 2.75) is 0 Å². The van der Waals surface area contributed by atoms with Gasteiger partial charge in [0.15, 0.2) is 11.5 Å². The van der Waals surface area contributed by atoms with Crippen LogP contribution in [0, 0.1) is 0 Å². The van der Waals surface area contributed by atoms with Crippen LogP contribution in [0.4, 0.5) is 0 Å². The second kappa shape index (κ2) is 13.1. The molecule has 0 heterocycles. The van der Waals surface area contributed by atoms with Gasteiger partial charge in [-0.25, -0.2) is 10.2 Å². The third kappa shape index (κ3) is 7.55. The first-order valence-electron chi connectivity index (χ1n) is 10.8. The quantitative estimate of drug-likeness (QED) is 0.165. The predicted octanol–water partition coefficient (Wildman–Crippen LogP) is 3.57. The molecule has 0 bridgehead atoms. The Bertz CT molecular complexity index is 1280. The Morgan fingerprint density at radius 1 is 0.892 bits per heavy atom. The van der Waals surface area contributed by atoms with Crippen molar-refractivity contribution in [2.24, 2.45) is 5.10 Å². The topological polar surface area (TPSA) is 125 Å². The van der Waals surface area contributed by atoms with E-state index in [0.29, 0.717) is 34.1 Å². The van der Waals surface area contributed by atoms with Crippen LogP contribution in [0.3, 0.4) is 0 Å². The number of carbonyl (C=O) groups excluding carboxylic acids is 3. The maximum atomic E-state index is 12.5. The molecule has 0 radical (unpaired) electrons. The van der Waals surface area contributed by atoms with Gasteiger partial charge in [0.2, 0.25) is 5.75 Å². The van der Waals surface area contributed by atoms with E-state index in [1.807, 2.05) is 6.07 Å². The number of hydrazone groups is 1. The number of methoxy groups -OCH3 is 3. The zero-order valence-corrected chi connectivity index (χ0v) is 21.8. The summed E-state index contributed by atoms with van der Waals surface area (Å²) in [6, 6.07) is 16.4. The molecule has 192 valence electrons. The van der Waals surface area contributed by atoms with Gasteiger partial charge >= 0.3 is 5.97 Å². The summed E-state index contributed by atoms with van der Waals surface area (Å²) in [4.78, 5) is 36.8. The average Bonchev–Trinajstić information content (AvgIpc) is 2.91. The number of hydrogen-bond acceptors (Lipinski definition) is 8. The van der Waals surface area contributed by atoms with E-state index >= 15 is 0 Å². The zero-order valence-electron chi connectivity index (χ0n) is 20.2. The molecule has 37 heavy (non-hydrogen) atoms. The molecule has 3 aromatic rings. The van der Waals surface area contributed by atoms with Gasteiger partial charge in [-0.2, -0.15) is 5.10 Å². The Morgan fingerprint density at radius 2 is 1.57 bits per heavy atom. The molecule has 11 heteroatoms. The first-order chi connectivity index (χ1) is 17.8. The van der Waals surface area contributed by atoms with Gasteiger partial charge in [-0.1, -0.05) is 22.0 Å². The van der Waals surface area contributed by atoms with Crippen LogP contribution in [0.25, 0.3) is 0 Å². The number of halogens is 1. The van der Waals surface area contributed by atoms with Crippen LogP contribution < -0.4 is 29.7 Å². The largest absolute Gasteiger partial charge is 0.493 e. The van der Waals surface area contributed by atoms with E-state index in [4.69, 9.17) is 18.9 Å². The van der Waals surface area contributed by atoms with Crippen molar-refractivity contribution in [2.75, 3.05) is 27.9 Å². The number of nitrogens with one attached hydrogen (secondary N) is 2. The van der Waals surface area contributed by atoms with Gasteiger partial charge in [0, 0.05) is 10.0 Å². The molecular weight excluding hydrogens is 546 g/mol. The van der Waals surface area contributed by atoms with Crippen molar-refractivity contribution in [3.63, 3.8) is 0 Å². The molecule has 0 saturated heterocycles. The van der Waals surface area contributed by atoms with Crippen molar-refractivity contribution >= 4 is 39.9 Å². The fraction of sp³-hybridized carbons (Fsp3) is 0.154. The van der Waals surface area contributed by atoms with Crippen molar-refractivity contribution < 1.29 is 33.3 Å². The molecule has 0 atom stereocenters.